The van der Waals surface area contributed by atoms with Crippen molar-refractivity contribution in [2.45, 2.75) is 25.9 Å². The molecule has 0 bridgehead atoms. The molecule has 0 radical (unpaired) electrons. The lowest BCUT2D eigenvalue weighted by atomic mass is 10.2. The lowest BCUT2D eigenvalue weighted by Crippen LogP contribution is -2.26. The summed E-state index contributed by atoms with van der Waals surface area (Å²) < 4.78 is 1.13. The van der Waals surface area contributed by atoms with Crippen molar-refractivity contribution in [2.75, 3.05) is 0 Å². The minimum absolute atomic E-state index is 0.121. The smallest absolute Gasteiger partial charge is 0.0663 e. The number of hydrogen-bond donors (Lipinski definition) is 1. The van der Waals surface area contributed by atoms with Crippen molar-refractivity contribution in [3.05, 3.63) is 20.8 Å². The molecular formula is C10H12BrNS. The van der Waals surface area contributed by atoms with Crippen LogP contribution >= 0.6 is 27.3 Å². The van der Waals surface area contributed by atoms with Crippen LogP contribution < -0.4 is 5.32 Å². The number of halogens is 1. The minimum Gasteiger partial charge on any atom is -0.296 e. The zero-order valence-electron chi connectivity index (χ0n) is 7.67. The van der Waals surface area contributed by atoms with Gasteiger partial charge in [0.25, 0.3) is 0 Å². The van der Waals surface area contributed by atoms with Gasteiger partial charge in [0.1, 0.15) is 0 Å². The molecule has 0 aliphatic carbocycles. The Hall–Kier alpha value is -0.300. The topological polar surface area (TPSA) is 12.0 Å². The molecule has 0 saturated heterocycles. The third-order valence-electron chi connectivity index (χ3n) is 1.76. The summed E-state index contributed by atoms with van der Waals surface area (Å²) >= 11 is 5.16. The SMILES string of the molecule is C#CC(C)NC(C)c1cc(Br)cs1. The molecule has 0 aliphatic heterocycles. The average molecular weight is 258 g/mol. The molecular weight excluding hydrogens is 246 g/mol. The van der Waals surface area contributed by atoms with Crippen LogP contribution in [0.1, 0.15) is 24.8 Å². The molecule has 2 atom stereocenters. The first kappa shape index (κ1) is 10.8. The highest BCUT2D eigenvalue weighted by Crippen LogP contribution is 2.25. The van der Waals surface area contributed by atoms with Gasteiger partial charge in [-0.1, -0.05) is 5.92 Å². The molecule has 0 fully saturated rings. The van der Waals surface area contributed by atoms with E-state index >= 15 is 0 Å². The van der Waals surface area contributed by atoms with E-state index in [2.05, 4.69) is 45.5 Å². The summed E-state index contributed by atoms with van der Waals surface area (Å²) in [6, 6.07) is 2.56. The van der Waals surface area contributed by atoms with Gasteiger partial charge in [-0.15, -0.1) is 17.8 Å². The predicted octanol–water partition coefficient (Wildman–Crippen LogP) is 3.18. The van der Waals surface area contributed by atoms with Gasteiger partial charge in [0.05, 0.1) is 6.04 Å². The Morgan fingerprint density at radius 1 is 1.62 bits per heavy atom. The largest absolute Gasteiger partial charge is 0.296 e. The summed E-state index contributed by atoms with van der Waals surface area (Å²) in [4.78, 5) is 1.30. The van der Waals surface area contributed by atoms with Crippen molar-refractivity contribution in [3.8, 4) is 12.3 Å². The van der Waals surface area contributed by atoms with Crippen molar-refractivity contribution in [1.82, 2.24) is 5.32 Å². The Morgan fingerprint density at radius 2 is 2.31 bits per heavy atom. The van der Waals surface area contributed by atoms with Gasteiger partial charge in [-0.2, -0.15) is 0 Å². The summed E-state index contributed by atoms with van der Waals surface area (Å²) in [5.74, 6) is 2.65. The van der Waals surface area contributed by atoms with Gasteiger partial charge in [0.15, 0.2) is 0 Å². The summed E-state index contributed by atoms with van der Waals surface area (Å²) in [7, 11) is 0. The maximum atomic E-state index is 5.29. The monoisotopic (exact) mass is 257 g/mol. The van der Waals surface area contributed by atoms with E-state index in [9.17, 15) is 0 Å². The highest BCUT2D eigenvalue weighted by molar-refractivity contribution is 9.10. The Morgan fingerprint density at radius 3 is 2.77 bits per heavy atom. The highest BCUT2D eigenvalue weighted by atomic mass is 79.9. The first-order valence-corrected chi connectivity index (χ1v) is 5.77. The van der Waals surface area contributed by atoms with E-state index in [0.29, 0.717) is 6.04 Å². The molecule has 0 saturated carbocycles. The average Bonchev–Trinajstić information content (AvgIpc) is 2.51. The molecule has 1 aromatic rings. The Labute approximate surface area is 91.7 Å². The third kappa shape index (κ3) is 3.15. The summed E-state index contributed by atoms with van der Waals surface area (Å²) in [5.41, 5.74) is 0. The maximum Gasteiger partial charge on any atom is 0.0663 e. The quantitative estimate of drug-likeness (QED) is 0.821. The van der Waals surface area contributed by atoms with Crippen LogP contribution in [-0.4, -0.2) is 6.04 Å². The molecule has 0 amide bonds. The van der Waals surface area contributed by atoms with Crippen LogP contribution in [0.2, 0.25) is 0 Å². The second-order valence-electron chi connectivity index (χ2n) is 2.94. The molecule has 1 aromatic heterocycles. The van der Waals surface area contributed by atoms with Gasteiger partial charge in [-0.3, -0.25) is 5.32 Å². The fraction of sp³-hybridized carbons (Fsp3) is 0.400. The fourth-order valence-corrected chi connectivity index (χ4v) is 2.52. The number of nitrogens with one attached hydrogen (secondary N) is 1. The van der Waals surface area contributed by atoms with Crippen LogP contribution in [-0.2, 0) is 0 Å². The van der Waals surface area contributed by atoms with Gasteiger partial charge in [0, 0.05) is 20.8 Å². The lowest BCUT2D eigenvalue weighted by Gasteiger charge is -2.14. The molecule has 3 heteroatoms. The van der Waals surface area contributed by atoms with Crippen molar-refractivity contribution >= 4 is 27.3 Å². The molecule has 13 heavy (non-hydrogen) atoms. The molecule has 0 aliphatic rings. The van der Waals surface area contributed by atoms with Crippen molar-refractivity contribution in [2.24, 2.45) is 0 Å². The third-order valence-corrected chi connectivity index (χ3v) is 3.64. The number of thiophene rings is 1. The van der Waals surface area contributed by atoms with Crippen LogP contribution in [0.4, 0.5) is 0 Å². The normalized spacial score (nSPS) is 14.9. The number of rotatable bonds is 3. The van der Waals surface area contributed by atoms with E-state index in [-0.39, 0.29) is 6.04 Å². The minimum atomic E-state index is 0.121. The van der Waals surface area contributed by atoms with Crippen molar-refractivity contribution in [1.29, 1.82) is 0 Å². The zero-order chi connectivity index (χ0) is 9.84. The second-order valence-corrected chi connectivity index (χ2v) is 4.80. The van der Waals surface area contributed by atoms with E-state index in [1.165, 1.54) is 4.88 Å². The van der Waals surface area contributed by atoms with Gasteiger partial charge in [0.2, 0.25) is 0 Å². The number of terminal acetylenes is 1. The fourth-order valence-electron chi connectivity index (χ4n) is 1.06. The highest BCUT2D eigenvalue weighted by Gasteiger charge is 2.09. The van der Waals surface area contributed by atoms with Crippen LogP contribution in [0.3, 0.4) is 0 Å². The number of hydrogen-bond acceptors (Lipinski definition) is 2. The van der Waals surface area contributed by atoms with Crippen molar-refractivity contribution in [3.63, 3.8) is 0 Å². The molecule has 0 spiro atoms. The molecule has 1 N–H and O–H groups in total. The maximum absolute atomic E-state index is 5.29. The van der Waals surface area contributed by atoms with E-state index in [1.54, 1.807) is 11.3 Å². The molecule has 2 unspecified atom stereocenters. The van der Waals surface area contributed by atoms with Gasteiger partial charge in [-0.05, 0) is 35.8 Å². The Balaban J connectivity index is 2.59. The van der Waals surface area contributed by atoms with Crippen LogP contribution in [0.15, 0.2) is 15.9 Å². The van der Waals surface area contributed by atoms with Crippen LogP contribution in [0.25, 0.3) is 0 Å². The second kappa shape index (κ2) is 4.80. The zero-order valence-corrected chi connectivity index (χ0v) is 10.1. The first-order chi connectivity index (χ1) is 6.13. The van der Waals surface area contributed by atoms with Crippen molar-refractivity contribution < 1.29 is 0 Å². The van der Waals surface area contributed by atoms with E-state index in [1.807, 2.05) is 6.92 Å². The van der Waals surface area contributed by atoms with E-state index in [4.69, 9.17) is 6.42 Å². The van der Waals surface area contributed by atoms with Gasteiger partial charge in [-0.25, -0.2) is 0 Å². The lowest BCUT2D eigenvalue weighted by molar-refractivity contribution is 0.553. The van der Waals surface area contributed by atoms with Crippen LogP contribution in [0.5, 0.6) is 0 Å². The standard InChI is InChI=1S/C10H12BrNS/c1-4-7(2)12-8(3)10-5-9(11)6-13-10/h1,5-8,12H,2-3H3. The van der Waals surface area contributed by atoms with Gasteiger partial charge >= 0.3 is 0 Å². The Kier molecular flexibility index (Phi) is 3.98. The first-order valence-electron chi connectivity index (χ1n) is 4.09. The predicted molar refractivity (Wildman–Crippen MR) is 61.9 cm³/mol. The summed E-state index contributed by atoms with van der Waals surface area (Å²) in [6.45, 7) is 4.10. The van der Waals surface area contributed by atoms with Crippen LogP contribution in [0, 0.1) is 12.3 Å². The molecule has 1 nitrogen and oxygen atoms in total. The van der Waals surface area contributed by atoms with E-state index in [0.717, 1.165) is 4.47 Å². The van der Waals surface area contributed by atoms with E-state index < -0.39 is 0 Å². The molecule has 1 rings (SSSR count). The molecule has 0 aromatic carbocycles. The molecule has 70 valence electrons. The summed E-state index contributed by atoms with van der Waals surface area (Å²) in [6.07, 6.45) is 5.29. The Bertz CT molecular complexity index is 313. The van der Waals surface area contributed by atoms with Gasteiger partial charge < -0.3 is 0 Å². The summed E-state index contributed by atoms with van der Waals surface area (Å²) in [5, 5.41) is 5.39. The molecule has 1 heterocycles.